The minimum Gasteiger partial charge on any atom is -0.383 e. The van der Waals surface area contributed by atoms with E-state index in [-0.39, 0.29) is 5.91 Å². The summed E-state index contributed by atoms with van der Waals surface area (Å²) in [7, 11) is 1.62. The molecule has 0 spiro atoms. The smallest absolute Gasteiger partial charge is 0.220 e. The van der Waals surface area contributed by atoms with Gasteiger partial charge in [-0.2, -0.15) is 0 Å². The summed E-state index contributed by atoms with van der Waals surface area (Å²) < 4.78 is 7.11. The minimum absolute atomic E-state index is 0.00565. The second kappa shape index (κ2) is 9.98. The zero-order valence-corrected chi connectivity index (χ0v) is 19.0. The van der Waals surface area contributed by atoms with Gasteiger partial charge in [-0.3, -0.25) is 4.79 Å². The third-order valence-electron chi connectivity index (χ3n) is 5.40. The fraction of sp³-hybridized carbons (Fsp3) is 0.231. The van der Waals surface area contributed by atoms with Crippen molar-refractivity contribution in [3.05, 3.63) is 83.1 Å². The summed E-state index contributed by atoms with van der Waals surface area (Å²) in [5, 5.41) is 3.57. The summed E-state index contributed by atoms with van der Waals surface area (Å²) in [4.78, 5) is 17.2. The Morgan fingerprint density at radius 2 is 1.84 bits per heavy atom. The van der Waals surface area contributed by atoms with E-state index in [1.165, 1.54) is 5.56 Å². The molecule has 0 atom stereocenters. The van der Waals surface area contributed by atoms with E-state index in [1.807, 2.05) is 30.3 Å². The van der Waals surface area contributed by atoms with Gasteiger partial charge in [-0.05, 0) is 48.7 Å². The number of halogens is 1. The molecule has 6 heteroatoms. The number of rotatable bonds is 8. The molecule has 164 valence electrons. The average Bonchev–Trinajstić information content (AvgIpc) is 3.16. The van der Waals surface area contributed by atoms with Crippen molar-refractivity contribution >= 4 is 23.2 Å². The first-order valence-electron chi connectivity index (χ1n) is 10.6. The number of carbonyl (C=O) groups is 1. The predicted octanol–water partition coefficient (Wildman–Crippen LogP) is 5.33. The maximum Gasteiger partial charge on any atom is 0.220 e. The molecule has 0 aliphatic heterocycles. The lowest BCUT2D eigenvalue weighted by molar-refractivity contribution is -0.121. The third-order valence-corrected chi connectivity index (χ3v) is 5.66. The molecular weight excluding hydrogens is 422 g/mol. The van der Waals surface area contributed by atoms with Crippen LogP contribution in [0.15, 0.2) is 66.9 Å². The number of aryl methyl sites for hydroxylation is 2. The SMILES string of the molecule is COCCNC(=O)CCc1c(-c2ccc(Cl)cc2)nc2ccc(-c3cccc(C)c3)cn12. The number of fused-ring (bicyclic) bond motifs is 1. The lowest BCUT2D eigenvalue weighted by Crippen LogP contribution is -2.27. The molecule has 1 N–H and O–H groups in total. The van der Waals surface area contributed by atoms with Gasteiger partial charge in [0.15, 0.2) is 0 Å². The molecule has 32 heavy (non-hydrogen) atoms. The van der Waals surface area contributed by atoms with E-state index in [4.69, 9.17) is 21.3 Å². The Morgan fingerprint density at radius 1 is 1.06 bits per heavy atom. The fourth-order valence-corrected chi connectivity index (χ4v) is 3.91. The number of methoxy groups -OCH3 is 1. The highest BCUT2D eigenvalue weighted by Gasteiger charge is 2.16. The van der Waals surface area contributed by atoms with Gasteiger partial charge in [0.05, 0.1) is 18.0 Å². The Morgan fingerprint density at radius 3 is 2.59 bits per heavy atom. The molecule has 2 heterocycles. The molecule has 0 aliphatic carbocycles. The van der Waals surface area contributed by atoms with Gasteiger partial charge in [0.2, 0.25) is 5.91 Å². The quantitative estimate of drug-likeness (QED) is 0.371. The maximum atomic E-state index is 12.4. The summed E-state index contributed by atoms with van der Waals surface area (Å²) in [5.41, 5.74) is 7.16. The van der Waals surface area contributed by atoms with Crippen molar-refractivity contribution in [2.24, 2.45) is 0 Å². The highest BCUT2D eigenvalue weighted by Crippen LogP contribution is 2.29. The predicted molar refractivity (Wildman–Crippen MR) is 129 cm³/mol. The van der Waals surface area contributed by atoms with Crippen LogP contribution >= 0.6 is 11.6 Å². The fourth-order valence-electron chi connectivity index (χ4n) is 3.78. The van der Waals surface area contributed by atoms with Crippen LogP contribution in [0.2, 0.25) is 5.02 Å². The monoisotopic (exact) mass is 447 g/mol. The number of nitrogens with one attached hydrogen (secondary N) is 1. The number of pyridine rings is 1. The molecule has 4 rings (SSSR count). The molecule has 0 saturated carbocycles. The zero-order chi connectivity index (χ0) is 22.5. The molecule has 0 fully saturated rings. The topological polar surface area (TPSA) is 55.6 Å². The summed E-state index contributed by atoms with van der Waals surface area (Å²) >= 11 is 6.09. The number of aromatic nitrogens is 2. The molecule has 1 amide bonds. The Labute approximate surface area is 193 Å². The number of carbonyl (C=O) groups excluding carboxylic acids is 1. The van der Waals surface area contributed by atoms with Crippen LogP contribution in [0.4, 0.5) is 0 Å². The Bertz CT molecular complexity index is 1230. The first kappa shape index (κ1) is 22.1. The molecule has 2 aromatic heterocycles. The summed E-state index contributed by atoms with van der Waals surface area (Å²) in [6.07, 6.45) is 3.04. The summed E-state index contributed by atoms with van der Waals surface area (Å²) in [6.45, 7) is 3.09. The van der Waals surface area contributed by atoms with Crippen LogP contribution in [-0.2, 0) is 16.0 Å². The molecule has 5 nitrogen and oxygen atoms in total. The van der Waals surface area contributed by atoms with Crippen molar-refractivity contribution < 1.29 is 9.53 Å². The van der Waals surface area contributed by atoms with Gasteiger partial charge < -0.3 is 14.5 Å². The first-order chi connectivity index (χ1) is 15.5. The van der Waals surface area contributed by atoms with Crippen LogP contribution in [0.1, 0.15) is 17.7 Å². The third kappa shape index (κ3) is 5.01. The largest absolute Gasteiger partial charge is 0.383 e. The number of imidazole rings is 1. The highest BCUT2D eigenvalue weighted by atomic mass is 35.5. The number of ether oxygens (including phenoxy) is 1. The lowest BCUT2D eigenvalue weighted by atomic mass is 10.0. The van der Waals surface area contributed by atoms with E-state index in [0.29, 0.717) is 31.0 Å². The number of hydrogen-bond acceptors (Lipinski definition) is 3. The van der Waals surface area contributed by atoms with Gasteiger partial charge in [0.25, 0.3) is 0 Å². The lowest BCUT2D eigenvalue weighted by Gasteiger charge is -2.09. The Balaban J connectivity index is 1.73. The molecule has 0 aliphatic rings. The number of nitrogens with zero attached hydrogens (tertiary/aromatic N) is 2. The second-order valence-corrected chi connectivity index (χ2v) is 8.21. The van der Waals surface area contributed by atoms with Gasteiger partial charge in [0.1, 0.15) is 5.65 Å². The van der Waals surface area contributed by atoms with Crippen molar-refractivity contribution in [3.63, 3.8) is 0 Å². The molecule has 2 aromatic carbocycles. The van der Waals surface area contributed by atoms with Gasteiger partial charge >= 0.3 is 0 Å². The van der Waals surface area contributed by atoms with Crippen LogP contribution < -0.4 is 5.32 Å². The Kier molecular flexibility index (Phi) is 6.88. The molecule has 0 radical (unpaired) electrons. The molecular formula is C26H26ClN3O2. The first-order valence-corrected chi connectivity index (χ1v) is 11.0. The maximum absolute atomic E-state index is 12.4. The zero-order valence-electron chi connectivity index (χ0n) is 18.3. The molecule has 0 bridgehead atoms. The second-order valence-electron chi connectivity index (χ2n) is 7.77. The average molecular weight is 448 g/mol. The molecule has 4 aromatic rings. The van der Waals surface area contributed by atoms with Gasteiger partial charge in [0, 0.05) is 36.9 Å². The highest BCUT2D eigenvalue weighted by molar-refractivity contribution is 6.30. The van der Waals surface area contributed by atoms with E-state index in [1.54, 1.807) is 7.11 Å². The van der Waals surface area contributed by atoms with Gasteiger partial charge in [-0.25, -0.2) is 4.98 Å². The van der Waals surface area contributed by atoms with Crippen molar-refractivity contribution in [1.82, 2.24) is 14.7 Å². The van der Waals surface area contributed by atoms with Crippen LogP contribution in [0.3, 0.4) is 0 Å². The van der Waals surface area contributed by atoms with E-state index in [0.717, 1.165) is 33.7 Å². The molecule has 0 unspecified atom stereocenters. The van der Waals surface area contributed by atoms with E-state index >= 15 is 0 Å². The van der Waals surface area contributed by atoms with Crippen molar-refractivity contribution in [1.29, 1.82) is 0 Å². The summed E-state index contributed by atoms with van der Waals surface area (Å²) in [6, 6.07) is 20.2. The minimum atomic E-state index is -0.00565. The van der Waals surface area contributed by atoms with Gasteiger partial charge in [-0.1, -0.05) is 53.6 Å². The standard InChI is InChI=1S/C26H26ClN3O2/c1-18-4-3-5-20(16-18)21-8-12-24-29-26(19-6-9-22(27)10-7-19)23(30(24)17-21)11-13-25(31)28-14-15-32-2/h3-10,12,16-17H,11,13-15H2,1-2H3,(H,28,31). The van der Waals surface area contributed by atoms with E-state index in [9.17, 15) is 4.79 Å². The number of amides is 1. The van der Waals surface area contributed by atoms with Gasteiger partial charge in [-0.15, -0.1) is 0 Å². The van der Waals surface area contributed by atoms with E-state index < -0.39 is 0 Å². The van der Waals surface area contributed by atoms with E-state index in [2.05, 4.69) is 53.2 Å². The van der Waals surface area contributed by atoms with Crippen molar-refractivity contribution in [2.45, 2.75) is 19.8 Å². The normalized spacial score (nSPS) is 11.1. The number of hydrogen-bond donors (Lipinski definition) is 1. The van der Waals surface area contributed by atoms with Crippen molar-refractivity contribution in [2.75, 3.05) is 20.3 Å². The molecule has 0 saturated heterocycles. The van der Waals surface area contributed by atoms with Crippen LogP contribution in [0, 0.1) is 6.92 Å². The number of benzene rings is 2. The van der Waals surface area contributed by atoms with Crippen molar-refractivity contribution in [3.8, 4) is 22.4 Å². The summed E-state index contributed by atoms with van der Waals surface area (Å²) in [5.74, 6) is -0.00565. The van der Waals surface area contributed by atoms with Crippen LogP contribution in [0.25, 0.3) is 28.0 Å². The van der Waals surface area contributed by atoms with Crippen LogP contribution in [-0.4, -0.2) is 35.6 Å². The van der Waals surface area contributed by atoms with Crippen LogP contribution in [0.5, 0.6) is 0 Å². The Hall–Kier alpha value is -3.15.